The number of nitrogens with two attached hydrogens (primary N) is 1. The van der Waals surface area contributed by atoms with Gasteiger partial charge >= 0.3 is 0 Å². The summed E-state index contributed by atoms with van der Waals surface area (Å²) < 4.78 is 0. The van der Waals surface area contributed by atoms with Crippen LogP contribution in [0.15, 0.2) is 41.1 Å². The topological polar surface area (TPSA) is 78.7 Å². The highest BCUT2D eigenvalue weighted by molar-refractivity contribution is 7.07. The Morgan fingerprint density at radius 3 is 2.35 bits per heavy atom. The number of primary amides is 1. The van der Waals surface area contributed by atoms with E-state index in [0.717, 1.165) is 39.3 Å². The van der Waals surface area contributed by atoms with Crippen LogP contribution >= 0.6 is 11.3 Å². The van der Waals surface area contributed by atoms with Crippen LogP contribution < -0.4 is 11.1 Å². The van der Waals surface area contributed by atoms with Gasteiger partial charge < -0.3 is 16.0 Å². The van der Waals surface area contributed by atoms with Crippen molar-refractivity contribution in [3.63, 3.8) is 0 Å². The molecule has 0 radical (unpaired) electrons. The molecule has 1 aliphatic heterocycles. The van der Waals surface area contributed by atoms with E-state index in [9.17, 15) is 9.59 Å². The molecule has 0 unspecified atom stereocenters. The molecule has 0 saturated carbocycles. The minimum Gasteiger partial charge on any atom is -0.366 e. The Balaban J connectivity index is 1.36. The lowest BCUT2D eigenvalue weighted by Gasteiger charge is -2.34. The van der Waals surface area contributed by atoms with Gasteiger partial charge in [-0.15, -0.1) is 0 Å². The molecule has 2 heterocycles. The maximum atomic E-state index is 12.1. The Morgan fingerprint density at radius 2 is 1.73 bits per heavy atom. The van der Waals surface area contributed by atoms with Crippen LogP contribution in [-0.4, -0.2) is 54.3 Å². The standard InChI is InChI=1S/C19H24N4O2S/c20-19(25)16-1-3-17(4-2-16)21-18(24)5-7-22-8-10-23(11-9-22)13-15-6-12-26-14-15/h1-4,6,12,14H,5,7-11,13H2,(H2,20,25)(H,21,24). The van der Waals surface area contributed by atoms with Crippen molar-refractivity contribution in [2.75, 3.05) is 38.0 Å². The molecule has 138 valence electrons. The molecule has 7 heteroatoms. The number of thiophene rings is 1. The lowest BCUT2D eigenvalue weighted by atomic mass is 10.2. The highest BCUT2D eigenvalue weighted by Gasteiger charge is 2.17. The summed E-state index contributed by atoms with van der Waals surface area (Å²) in [5.41, 5.74) is 7.70. The summed E-state index contributed by atoms with van der Waals surface area (Å²) >= 11 is 1.74. The quantitative estimate of drug-likeness (QED) is 0.779. The van der Waals surface area contributed by atoms with Crippen LogP contribution in [0.25, 0.3) is 0 Å². The van der Waals surface area contributed by atoms with Crippen LogP contribution in [0.2, 0.25) is 0 Å². The Hall–Kier alpha value is -2.22. The molecule has 0 aliphatic carbocycles. The van der Waals surface area contributed by atoms with Crippen molar-refractivity contribution in [3.05, 3.63) is 52.2 Å². The molecule has 1 aromatic heterocycles. The number of piperazine rings is 1. The average molecular weight is 372 g/mol. The molecule has 3 rings (SSSR count). The number of carbonyl (C=O) groups excluding carboxylic acids is 2. The van der Waals surface area contributed by atoms with E-state index in [2.05, 4.69) is 31.9 Å². The van der Waals surface area contributed by atoms with Crippen LogP contribution in [0, 0.1) is 0 Å². The van der Waals surface area contributed by atoms with Gasteiger partial charge in [0.15, 0.2) is 0 Å². The van der Waals surface area contributed by atoms with E-state index in [0.29, 0.717) is 17.7 Å². The second-order valence-electron chi connectivity index (χ2n) is 6.49. The molecular formula is C19H24N4O2S. The van der Waals surface area contributed by atoms with Gasteiger partial charge in [0.2, 0.25) is 11.8 Å². The fraction of sp³-hybridized carbons (Fsp3) is 0.368. The normalized spacial score (nSPS) is 15.7. The fourth-order valence-corrected chi connectivity index (χ4v) is 3.67. The van der Waals surface area contributed by atoms with E-state index in [1.807, 2.05) is 0 Å². The van der Waals surface area contributed by atoms with E-state index in [4.69, 9.17) is 5.73 Å². The van der Waals surface area contributed by atoms with E-state index < -0.39 is 5.91 Å². The first-order valence-electron chi connectivity index (χ1n) is 8.75. The number of benzene rings is 1. The molecule has 2 amide bonds. The number of amides is 2. The van der Waals surface area contributed by atoms with Gasteiger partial charge in [0, 0.05) is 56.9 Å². The third-order valence-corrected chi connectivity index (χ3v) is 5.29. The molecule has 1 saturated heterocycles. The van der Waals surface area contributed by atoms with Gasteiger partial charge in [0.25, 0.3) is 0 Å². The smallest absolute Gasteiger partial charge is 0.248 e. The molecule has 0 atom stereocenters. The van der Waals surface area contributed by atoms with Crippen LogP contribution in [0.4, 0.5) is 5.69 Å². The number of anilines is 1. The summed E-state index contributed by atoms with van der Waals surface area (Å²) in [5, 5.41) is 7.18. The average Bonchev–Trinajstić information content (AvgIpc) is 3.15. The molecule has 26 heavy (non-hydrogen) atoms. The number of hydrogen-bond donors (Lipinski definition) is 2. The fourth-order valence-electron chi connectivity index (χ4n) is 3.01. The Morgan fingerprint density at radius 1 is 1.04 bits per heavy atom. The maximum Gasteiger partial charge on any atom is 0.248 e. The highest BCUT2D eigenvalue weighted by atomic mass is 32.1. The maximum absolute atomic E-state index is 12.1. The van der Waals surface area contributed by atoms with Crippen LogP contribution in [-0.2, 0) is 11.3 Å². The predicted molar refractivity (Wildman–Crippen MR) is 104 cm³/mol. The van der Waals surface area contributed by atoms with Crippen LogP contribution in [0.5, 0.6) is 0 Å². The summed E-state index contributed by atoms with van der Waals surface area (Å²) in [6, 6.07) is 8.80. The van der Waals surface area contributed by atoms with Crippen molar-refractivity contribution in [2.45, 2.75) is 13.0 Å². The lowest BCUT2D eigenvalue weighted by Crippen LogP contribution is -2.46. The zero-order chi connectivity index (χ0) is 18.4. The predicted octanol–water partition coefficient (Wildman–Crippen LogP) is 1.99. The Kier molecular flexibility index (Phi) is 6.38. The Labute approximate surface area is 157 Å². The molecular weight excluding hydrogens is 348 g/mol. The molecule has 1 aromatic carbocycles. The van der Waals surface area contributed by atoms with Gasteiger partial charge in [-0.25, -0.2) is 0 Å². The second kappa shape index (κ2) is 8.93. The van der Waals surface area contributed by atoms with E-state index in [1.165, 1.54) is 5.56 Å². The second-order valence-corrected chi connectivity index (χ2v) is 7.27. The zero-order valence-electron chi connectivity index (χ0n) is 14.7. The summed E-state index contributed by atoms with van der Waals surface area (Å²) in [7, 11) is 0. The SMILES string of the molecule is NC(=O)c1ccc(NC(=O)CCN2CCN(Cc3ccsc3)CC2)cc1. The van der Waals surface area contributed by atoms with Gasteiger partial charge in [0.1, 0.15) is 0 Å². The van der Waals surface area contributed by atoms with Crippen LogP contribution in [0.3, 0.4) is 0 Å². The molecule has 1 fully saturated rings. The minimum atomic E-state index is -0.471. The summed E-state index contributed by atoms with van der Waals surface area (Å²) in [6.07, 6.45) is 0.460. The molecule has 1 aliphatic rings. The first-order valence-corrected chi connectivity index (χ1v) is 9.70. The van der Waals surface area contributed by atoms with Gasteiger partial charge in [-0.1, -0.05) is 0 Å². The lowest BCUT2D eigenvalue weighted by molar-refractivity contribution is -0.116. The number of hydrogen-bond acceptors (Lipinski definition) is 5. The number of nitrogens with zero attached hydrogens (tertiary/aromatic N) is 2. The monoisotopic (exact) mass is 372 g/mol. The largest absolute Gasteiger partial charge is 0.366 e. The Bertz CT molecular complexity index is 723. The summed E-state index contributed by atoms with van der Waals surface area (Å²) in [6.45, 7) is 5.82. The summed E-state index contributed by atoms with van der Waals surface area (Å²) in [5.74, 6) is -0.487. The van der Waals surface area contributed by atoms with Crippen molar-refractivity contribution >= 4 is 28.8 Å². The number of carbonyl (C=O) groups is 2. The molecule has 6 nitrogen and oxygen atoms in total. The zero-order valence-corrected chi connectivity index (χ0v) is 15.5. The third-order valence-electron chi connectivity index (χ3n) is 4.56. The molecule has 0 spiro atoms. The molecule has 3 N–H and O–H groups in total. The van der Waals surface area contributed by atoms with Crippen molar-refractivity contribution in [3.8, 4) is 0 Å². The third kappa shape index (κ3) is 5.39. The van der Waals surface area contributed by atoms with Gasteiger partial charge in [-0.05, 0) is 46.7 Å². The van der Waals surface area contributed by atoms with E-state index in [1.54, 1.807) is 35.6 Å². The number of nitrogens with one attached hydrogen (secondary N) is 1. The van der Waals surface area contributed by atoms with E-state index in [-0.39, 0.29) is 5.91 Å². The van der Waals surface area contributed by atoms with Crippen molar-refractivity contribution in [1.29, 1.82) is 0 Å². The summed E-state index contributed by atoms with van der Waals surface area (Å²) in [4.78, 5) is 28.0. The van der Waals surface area contributed by atoms with E-state index >= 15 is 0 Å². The van der Waals surface area contributed by atoms with Crippen molar-refractivity contribution < 1.29 is 9.59 Å². The first-order chi connectivity index (χ1) is 12.6. The van der Waals surface area contributed by atoms with Gasteiger partial charge in [0.05, 0.1) is 0 Å². The number of rotatable bonds is 7. The minimum absolute atomic E-state index is 0.0162. The first kappa shape index (κ1) is 18.6. The van der Waals surface area contributed by atoms with Gasteiger partial charge in [-0.2, -0.15) is 11.3 Å². The van der Waals surface area contributed by atoms with Crippen LogP contribution in [0.1, 0.15) is 22.3 Å². The highest BCUT2D eigenvalue weighted by Crippen LogP contribution is 2.12. The molecule has 0 bridgehead atoms. The van der Waals surface area contributed by atoms with Crippen molar-refractivity contribution in [1.82, 2.24) is 9.80 Å². The van der Waals surface area contributed by atoms with Crippen molar-refractivity contribution in [2.24, 2.45) is 5.73 Å². The molecule has 2 aromatic rings. The van der Waals surface area contributed by atoms with Gasteiger partial charge in [-0.3, -0.25) is 14.5 Å².